The summed E-state index contributed by atoms with van der Waals surface area (Å²) in [6.45, 7) is 2.04. The molecule has 3 rings (SSSR count). The lowest BCUT2D eigenvalue weighted by Gasteiger charge is -2.24. The number of rotatable bonds is 3. The molecule has 0 aliphatic carbocycles. The number of hydrogen-bond acceptors (Lipinski definition) is 4. The average Bonchev–Trinajstić information content (AvgIpc) is 2.54. The van der Waals surface area contributed by atoms with Crippen LogP contribution in [0.15, 0.2) is 24.4 Å². The van der Waals surface area contributed by atoms with Gasteiger partial charge >= 0.3 is 0 Å². The fourth-order valence-electron chi connectivity index (χ4n) is 3.04. The molecule has 1 aliphatic heterocycles. The predicted molar refractivity (Wildman–Crippen MR) is 88.9 cm³/mol. The zero-order valence-electron chi connectivity index (χ0n) is 12.5. The normalized spacial score (nSPS) is 15.3. The number of ether oxygens (including phenoxy) is 1. The van der Waals surface area contributed by atoms with Crippen LogP contribution in [0.4, 0.5) is 0 Å². The van der Waals surface area contributed by atoms with E-state index in [9.17, 15) is 4.79 Å². The van der Waals surface area contributed by atoms with Gasteiger partial charge in [-0.2, -0.15) is 0 Å². The van der Waals surface area contributed by atoms with E-state index in [4.69, 9.17) is 10.5 Å². The number of pyridine rings is 1. The molecule has 0 unspecified atom stereocenters. The molecule has 0 bridgehead atoms. The molecule has 1 amide bonds. The van der Waals surface area contributed by atoms with E-state index >= 15 is 0 Å². The number of halogens is 1. The van der Waals surface area contributed by atoms with E-state index in [-0.39, 0.29) is 12.4 Å². The molecule has 0 spiro atoms. The van der Waals surface area contributed by atoms with Gasteiger partial charge in [-0.05, 0) is 54.9 Å². The molecule has 5 nitrogen and oxygen atoms in total. The first-order valence-electron chi connectivity index (χ1n) is 7.18. The summed E-state index contributed by atoms with van der Waals surface area (Å²) in [4.78, 5) is 15.5. The summed E-state index contributed by atoms with van der Waals surface area (Å²) >= 11 is 0. The fraction of sp³-hybridized carbons (Fsp3) is 0.375. The van der Waals surface area contributed by atoms with Crippen molar-refractivity contribution in [2.45, 2.75) is 18.8 Å². The van der Waals surface area contributed by atoms with Gasteiger partial charge in [-0.15, -0.1) is 12.4 Å². The van der Waals surface area contributed by atoms with Gasteiger partial charge in [0.05, 0.1) is 7.11 Å². The minimum absolute atomic E-state index is 0. The number of nitrogens with zero attached hydrogens (tertiary/aromatic N) is 1. The molecular weight excluding hydrogens is 302 g/mol. The first-order valence-corrected chi connectivity index (χ1v) is 7.18. The zero-order valence-corrected chi connectivity index (χ0v) is 13.3. The van der Waals surface area contributed by atoms with Gasteiger partial charge < -0.3 is 15.8 Å². The van der Waals surface area contributed by atoms with Crippen LogP contribution in [-0.4, -0.2) is 31.1 Å². The fourth-order valence-corrected chi connectivity index (χ4v) is 3.04. The van der Waals surface area contributed by atoms with Gasteiger partial charge in [-0.25, -0.2) is 0 Å². The third kappa shape index (κ3) is 3.00. The molecule has 3 N–H and O–H groups in total. The Labute approximate surface area is 135 Å². The van der Waals surface area contributed by atoms with Gasteiger partial charge in [0.1, 0.15) is 11.4 Å². The Kier molecular flexibility index (Phi) is 5.21. The molecular formula is C16H20ClN3O2. The molecule has 1 aromatic heterocycles. The molecule has 1 fully saturated rings. The lowest BCUT2D eigenvalue weighted by Crippen LogP contribution is -2.26. The predicted octanol–water partition coefficient (Wildman–Crippen LogP) is 2.23. The van der Waals surface area contributed by atoms with E-state index < -0.39 is 5.91 Å². The molecule has 22 heavy (non-hydrogen) atoms. The second kappa shape index (κ2) is 6.94. The van der Waals surface area contributed by atoms with Crippen LogP contribution >= 0.6 is 12.4 Å². The van der Waals surface area contributed by atoms with E-state index in [0.29, 0.717) is 11.6 Å². The maximum Gasteiger partial charge on any atom is 0.267 e. The number of benzene rings is 1. The molecule has 2 heterocycles. The van der Waals surface area contributed by atoms with Crippen LogP contribution < -0.4 is 15.8 Å². The molecule has 0 radical (unpaired) electrons. The summed E-state index contributed by atoms with van der Waals surface area (Å²) in [5, 5.41) is 5.32. The first kappa shape index (κ1) is 16.5. The maximum absolute atomic E-state index is 11.4. The second-order valence-electron chi connectivity index (χ2n) is 5.36. The monoisotopic (exact) mass is 321 g/mol. The molecule has 6 heteroatoms. The third-order valence-electron chi connectivity index (χ3n) is 4.15. The Morgan fingerprint density at radius 2 is 2.05 bits per heavy atom. The molecule has 1 aromatic carbocycles. The van der Waals surface area contributed by atoms with E-state index in [1.54, 1.807) is 19.4 Å². The minimum Gasteiger partial charge on any atom is -0.496 e. The molecule has 0 atom stereocenters. The summed E-state index contributed by atoms with van der Waals surface area (Å²) in [5.74, 6) is 0.755. The number of carbonyl (C=O) groups excluding carboxylic acids is 1. The minimum atomic E-state index is -0.504. The van der Waals surface area contributed by atoms with E-state index in [0.717, 1.165) is 42.5 Å². The summed E-state index contributed by atoms with van der Waals surface area (Å²) < 4.78 is 5.40. The topological polar surface area (TPSA) is 77.2 Å². The van der Waals surface area contributed by atoms with Crippen molar-refractivity contribution in [1.82, 2.24) is 10.3 Å². The molecule has 0 saturated carbocycles. The molecule has 2 aromatic rings. The third-order valence-corrected chi connectivity index (χ3v) is 4.15. The smallest absolute Gasteiger partial charge is 0.267 e. The van der Waals surface area contributed by atoms with Crippen molar-refractivity contribution in [1.29, 1.82) is 0 Å². The number of carbonyl (C=O) groups is 1. The number of nitrogens with two attached hydrogens (primary N) is 1. The van der Waals surface area contributed by atoms with E-state index in [1.165, 1.54) is 5.56 Å². The SMILES string of the molecule is COc1ccc(C2CCNCC2)c2cc(C(N)=O)ncc12.Cl. The summed E-state index contributed by atoms with van der Waals surface area (Å²) in [5.41, 5.74) is 6.91. The van der Waals surface area contributed by atoms with Crippen molar-refractivity contribution >= 4 is 29.1 Å². The van der Waals surface area contributed by atoms with E-state index in [1.807, 2.05) is 6.07 Å². The quantitative estimate of drug-likeness (QED) is 0.909. The Morgan fingerprint density at radius 1 is 1.32 bits per heavy atom. The van der Waals surface area contributed by atoms with Crippen LogP contribution in [0.3, 0.4) is 0 Å². The van der Waals surface area contributed by atoms with Crippen LogP contribution in [0.2, 0.25) is 0 Å². The number of piperidine rings is 1. The van der Waals surface area contributed by atoms with Crippen molar-refractivity contribution in [3.05, 3.63) is 35.7 Å². The molecule has 1 aliphatic rings. The van der Waals surface area contributed by atoms with Gasteiger partial charge in [-0.1, -0.05) is 6.07 Å². The van der Waals surface area contributed by atoms with Gasteiger partial charge in [-0.3, -0.25) is 9.78 Å². The Hall–Kier alpha value is -1.85. The summed E-state index contributed by atoms with van der Waals surface area (Å²) in [7, 11) is 1.64. The van der Waals surface area contributed by atoms with Gasteiger partial charge in [0.25, 0.3) is 5.91 Å². The van der Waals surface area contributed by atoms with Crippen LogP contribution in [0, 0.1) is 0 Å². The zero-order chi connectivity index (χ0) is 14.8. The Bertz CT molecular complexity index is 684. The highest BCUT2D eigenvalue weighted by molar-refractivity contribution is 5.98. The number of aromatic nitrogens is 1. The van der Waals surface area contributed by atoms with Gasteiger partial charge in [0.2, 0.25) is 0 Å². The Balaban J connectivity index is 0.00000176. The van der Waals surface area contributed by atoms with Crippen molar-refractivity contribution in [2.75, 3.05) is 20.2 Å². The van der Waals surface area contributed by atoms with Gasteiger partial charge in [0.15, 0.2) is 0 Å². The van der Waals surface area contributed by atoms with Crippen molar-refractivity contribution in [2.24, 2.45) is 5.73 Å². The van der Waals surface area contributed by atoms with Crippen LogP contribution in [0.5, 0.6) is 5.75 Å². The highest BCUT2D eigenvalue weighted by Gasteiger charge is 2.19. The lowest BCUT2D eigenvalue weighted by molar-refractivity contribution is 0.0996. The lowest BCUT2D eigenvalue weighted by atomic mass is 9.87. The standard InChI is InChI=1S/C16H19N3O2.ClH/c1-21-15-3-2-11(10-4-6-18-7-5-10)12-8-14(16(17)20)19-9-13(12)15;/h2-3,8-10,18H,4-7H2,1H3,(H2,17,20);1H. The van der Waals surface area contributed by atoms with Crippen LogP contribution in [0.25, 0.3) is 10.8 Å². The highest BCUT2D eigenvalue weighted by Crippen LogP contribution is 2.35. The second-order valence-corrected chi connectivity index (χ2v) is 5.36. The Morgan fingerprint density at radius 3 is 2.68 bits per heavy atom. The largest absolute Gasteiger partial charge is 0.496 e. The number of hydrogen-bond donors (Lipinski definition) is 2. The van der Waals surface area contributed by atoms with Crippen molar-refractivity contribution in [3.8, 4) is 5.75 Å². The van der Waals surface area contributed by atoms with Crippen molar-refractivity contribution < 1.29 is 9.53 Å². The number of primary amides is 1. The molecule has 118 valence electrons. The van der Waals surface area contributed by atoms with E-state index in [2.05, 4.69) is 16.4 Å². The average molecular weight is 322 g/mol. The van der Waals surface area contributed by atoms with Crippen LogP contribution in [-0.2, 0) is 0 Å². The maximum atomic E-state index is 11.4. The summed E-state index contributed by atoms with van der Waals surface area (Å²) in [6.07, 6.45) is 3.87. The number of nitrogens with one attached hydrogen (secondary N) is 1. The first-order chi connectivity index (χ1) is 10.2. The van der Waals surface area contributed by atoms with Gasteiger partial charge in [0, 0.05) is 11.6 Å². The number of methoxy groups -OCH3 is 1. The molecule has 1 saturated heterocycles. The number of fused-ring (bicyclic) bond motifs is 1. The van der Waals surface area contributed by atoms with Crippen molar-refractivity contribution in [3.63, 3.8) is 0 Å². The van der Waals surface area contributed by atoms with Crippen LogP contribution in [0.1, 0.15) is 34.8 Å². The number of amides is 1. The highest BCUT2D eigenvalue weighted by atomic mass is 35.5. The summed E-state index contributed by atoms with van der Waals surface area (Å²) in [6, 6.07) is 5.87.